The topological polar surface area (TPSA) is 34.2 Å². The van der Waals surface area contributed by atoms with Crippen LogP contribution in [0.15, 0.2) is 16.7 Å². The Morgan fingerprint density at radius 1 is 1.37 bits per heavy atom. The Morgan fingerprint density at radius 3 is 2.74 bits per heavy atom. The molecule has 0 spiro atoms. The standard InChI is InChI=1S/C15H25BrN2O/c1-5-6-17-9-13-8-14(16)10-18-15(13)19-12(4)7-11(2)3/h8,10-12,17H,5-7,9H2,1-4H3. The first kappa shape index (κ1) is 16.4. The molecular weight excluding hydrogens is 304 g/mol. The van der Waals surface area contributed by atoms with Crippen molar-refractivity contribution >= 4 is 15.9 Å². The summed E-state index contributed by atoms with van der Waals surface area (Å²) in [5, 5.41) is 3.39. The average molecular weight is 329 g/mol. The fourth-order valence-corrected chi connectivity index (χ4v) is 2.38. The van der Waals surface area contributed by atoms with E-state index >= 15 is 0 Å². The zero-order valence-electron chi connectivity index (χ0n) is 12.4. The van der Waals surface area contributed by atoms with Crippen molar-refractivity contribution in [3.8, 4) is 5.88 Å². The van der Waals surface area contributed by atoms with E-state index in [4.69, 9.17) is 4.74 Å². The molecule has 0 saturated carbocycles. The fraction of sp³-hybridized carbons (Fsp3) is 0.667. The van der Waals surface area contributed by atoms with Gasteiger partial charge < -0.3 is 10.1 Å². The number of nitrogens with zero attached hydrogens (tertiary/aromatic N) is 1. The third kappa shape index (κ3) is 6.39. The van der Waals surface area contributed by atoms with Crippen LogP contribution in [-0.4, -0.2) is 17.6 Å². The molecule has 0 aliphatic rings. The van der Waals surface area contributed by atoms with Gasteiger partial charge in [-0.05, 0) is 54.2 Å². The summed E-state index contributed by atoms with van der Waals surface area (Å²) in [5.41, 5.74) is 1.11. The number of rotatable bonds is 8. The molecule has 19 heavy (non-hydrogen) atoms. The van der Waals surface area contributed by atoms with E-state index in [2.05, 4.69) is 60.0 Å². The summed E-state index contributed by atoms with van der Waals surface area (Å²) in [4.78, 5) is 4.40. The van der Waals surface area contributed by atoms with E-state index in [9.17, 15) is 0 Å². The number of hydrogen-bond acceptors (Lipinski definition) is 3. The second-order valence-electron chi connectivity index (χ2n) is 5.35. The summed E-state index contributed by atoms with van der Waals surface area (Å²) in [7, 11) is 0. The number of nitrogens with one attached hydrogen (secondary N) is 1. The van der Waals surface area contributed by atoms with Gasteiger partial charge in [0.05, 0.1) is 6.10 Å². The molecule has 0 amide bonds. The first-order valence-corrected chi connectivity index (χ1v) is 7.84. The maximum Gasteiger partial charge on any atom is 0.218 e. The van der Waals surface area contributed by atoms with E-state index in [1.54, 1.807) is 6.20 Å². The Balaban J connectivity index is 2.69. The van der Waals surface area contributed by atoms with Crippen LogP contribution in [0.3, 0.4) is 0 Å². The Bertz CT molecular complexity index is 382. The van der Waals surface area contributed by atoms with Gasteiger partial charge >= 0.3 is 0 Å². The molecule has 0 aliphatic heterocycles. The van der Waals surface area contributed by atoms with Gasteiger partial charge in [0.15, 0.2) is 0 Å². The molecule has 1 unspecified atom stereocenters. The van der Waals surface area contributed by atoms with Crippen molar-refractivity contribution in [3.05, 3.63) is 22.3 Å². The summed E-state index contributed by atoms with van der Waals surface area (Å²) in [6.45, 7) is 10.5. The molecule has 0 aromatic carbocycles. The molecule has 0 aliphatic carbocycles. The molecular formula is C15H25BrN2O. The highest BCUT2D eigenvalue weighted by Crippen LogP contribution is 2.22. The van der Waals surface area contributed by atoms with Crippen molar-refractivity contribution in [2.45, 2.75) is 53.2 Å². The molecule has 1 rings (SSSR count). The summed E-state index contributed by atoms with van der Waals surface area (Å²) in [6, 6.07) is 2.08. The lowest BCUT2D eigenvalue weighted by molar-refractivity contribution is 0.183. The third-order valence-corrected chi connectivity index (χ3v) is 3.18. The van der Waals surface area contributed by atoms with E-state index in [1.165, 1.54) is 0 Å². The summed E-state index contributed by atoms with van der Waals surface area (Å²) >= 11 is 3.47. The second-order valence-corrected chi connectivity index (χ2v) is 6.27. The third-order valence-electron chi connectivity index (χ3n) is 2.75. The van der Waals surface area contributed by atoms with Crippen molar-refractivity contribution in [3.63, 3.8) is 0 Å². The summed E-state index contributed by atoms with van der Waals surface area (Å²) < 4.78 is 6.96. The molecule has 1 atom stereocenters. The van der Waals surface area contributed by atoms with Gasteiger partial charge in [-0.1, -0.05) is 20.8 Å². The highest BCUT2D eigenvalue weighted by Gasteiger charge is 2.11. The number of aromatic nitrogens is 1. The summed E-state index contributed by atoms with van der Waals surface area (Å²) in [5.74, 6) is 1.38. The molecule has 4 heteroatoms. The second kappa shape index (κ2) is 8.54. The van der Waals surface area contributed by atoms with Gasteiger partial charge in [-0.15, -0.1) is 0 Å². The molecule has 1 N–H and O–H groups in total. The monoisotopic (exact) mass is 328 g/mol. The highest BCUT2D eigenvalue weighted by molar-refractivity contribution is 9.10. The van der Waals surface area contributed by atoms with E-state index in [0.29, 0.717) is 5.92 Å². The predicted molar refractivity (Wildman–Crippen MR) is 83.5 cm³/mol. The lowest BCUT2D eigenvalue weighted by atomic mass is 10.1. The minimum absolute atomic E-state index is 0.193. The van der Waals surface area contributed by atoms with Crippen LogP contribution >= 0.6 is 15.9 Å². The predicted octanol–water partition coefficient (Wildman–Crippen LogP) is 4.16. The maximum atomic E-state index is 5.97. The van der Waals surface area contributed by atoms with Crippen LogP contribution < -0.4 is 10.1 Å². The van der Waals surface area contributed by atoms with Gasteiger partial charge in [0.25, 0.3) is 0 Å². The zero-order valence-corrected chi connectivity index (χ0v) is 14.0. The molecule has 1 aromatic heterocycles. The SMILES string of the molecule is CCCNCc1cc(Br)cnc1OC(C)CC(C)C. The smallest absolute Gasteiger partial charge is 0.218 e. The normalized spacial score (nSPS) is 12.7. The molecule has 0 fully saturated rings. The minimum atomic E-state index is 0.193. The lowest BCUT2D eigenvalue weighted by Crippen LogP contribution is -2.19. The Kier molecular flexibility index (Phi) is 7.39. The highest BCUT2D eigenvalue weighted by atomic mass is 79.9. The molecule has 3 nitrogen and oxygen atoms in total. The van der Waals surface area contributed by atoms with Crippen molar-refractivity contribution < 1.29 is 4.74 Å². The van der Waals surface area contributed by atoms with Crippen LogP contribution in [0.25, 0.3) is 0 Å². The van der Waals surface area contributed by atoms with Gasteiger partial charge in [-0.25, -0.2) is 4.98 Å². The summed E-state index contributed by atoms with van der Waals surface area (Å²) in [6.07, 6.45) is 4.15. The van der Waals surface area contributed by atoms with E-state index in [0.717, 1.165) is 41.8 Å². The van der Waals surface area contributed by atoms with Crippen LogP contribution in [0.1, 0.15) is 46.1 Å². The van der Waals surface area contributed by atoms with Crippen LogP contribution in [0.2, 0.25) is 0 Å². The van der Waals surface area contributed by atoms with Crippen molar-refractivity contribution in [2.24, 2.45) is 5.92 Å². The largest absolute Gasteiger partial charge is 0.474 e. The number of hydrogen-bond donors (Lipinski definition) is 1. The van der Waals surface area contributed by atoms with Crippen molar-refractivity contribution in [1.82, 2.24) is 10.3 Å². The van der Waals surface area contributed by atoms with E-state index < -0.39 is 0 Å². The van der Waals surface area contributed by atoms with Crippen LogP contribution in [0.4, 0.5) is 0 Å². The average Bonchev–Trinajstić information content (AvgIpc) is 2.32. The quantitative estimate of drug-likeness (QED) is 0.727. The number of pyridine rings is 1. The van der Waals surface area contributed by atoms with E-state index in [-0.39, 0.29) is 6.10 Å². The van der Waals surface area contributed by atoms with Crippen molar-refractivity contribution in [2.75, 3.05) is 6.54 Å². The number of ether oxygens (including phenoxy) is 1. The van der Waals surface area contributed by atoms with Gasteiger partial charge in [0, 0.05) is 22.8 Å². The lowest BCUT2D eigenvalue weighted by Gasteiger charge is -2.18. The number of halogens is 1. The molecule has 108 valence electrons. The van der Waals surface area contributed by atoms with Gasteiger partial charge in [0.2, 0.25) is 5.88 Å². The molecule has 1 aromatic rings. The van der Waals surface area contributed by atoms with Gasteiger partial charge in [-0.3, -0.25) is 0 Å². The van der Waals surface area contributed by atoms with Gasteiger partial charge in [0.1, 0.15) is 0 Å². The first-order valence-electron chi connectivity index (χ1n) is 7.04. The molecule has 0 saturated heterocycles. The minimum Gasteiger partial charge on any atom is -0.474 e. The Hall–Kier alpha value is -0.610. The van der Waals surface area contributed by atoms with Gasteiger partial charge in [-0.2, -0.15) is 0 Å². The van der Waals surface area contributed by atoms with E-state index in [1.807, 2.05) is 0 Å². The fourth-order valence-electron chi connectivity index (χ4n) is 2.00. The van der Waals surface area contributed by atoms with Crippen LogP contribution in [-0.2, 0) is 6.54 Å². The zero-order chi connectivity index (χ0) is 14.3. The van der Waals surface area contributed by atoms with Crippen molar-refractivity contribution in [1.29, 1.82) is 0 Å². The molecule has 0 radical (unpaired) electrons. The van der Waals surface area contributed by atoms with Crippen LogP contribution in [0.5, 0.6) is 5.88 Å². The molecule has 0 bridgehead atoms. The molecule has 1 heterocycles. The maximum absolute atomic E-state index is 5.97. The first-order chi connectivity index (χ1) is 9.02. The van der Waals surface area contributed by atoms with Crippen LogP contribution in [0, 0.1) is 5.92 Å². The Labute approximate surface area is 125 Å². The Morgan fingerprint density at radius 2 is 2.11 bits per heavy atom.